The molecule has 0 radical (unpaired) electrons. The number of hydrogen-bond acceptors (Lipinski definition) is 2. The van der Waals surface area contributed by atoms with Crippen molar-refractivity contribution in [3.63, 3.8) is 0 Å². The Bertz CT molecular complexity index is 863. The molecule has 30 heavy (non-hydrogen) atoms. The van der Waals surface area contributed by atoms with E-state index in [2.05, 4.69) is 43.6 Å². The van der Waals surface area contributed by atoms with E-state index in [1.165, 1.54) is 37.7 Å². The Morgan fingerprint density at radius 3 is 2.67 bits per heavy atom. The van der Waals surface area contributed by atoms with Gasteiger partial charge in [0.05, 0.1) is 6.10 Å². The van der Waals surface area contributed by atoms with Crippen LogP contribution in [0.5, 0.6) is 0 Å². The molecule has 0 aromatic rings. The predicted molar refractivity (Wildman–Crippen MR) is 124 cm³/mol. The van der Waals surface area contributed by atoms with Gasteiger partial charge < -0.3 is 10.2 Å². The Balaban J connectivity index is 1.53. The zero-order chi connectivity index (χ0) is 21.6. The fourth-order valence-corrected chi connectivity index (χ4v) is 6.20. The summed E-state index contributed by atoms with van der Waals surface area (Å²) < 4.78 is 0. The molecule has 162 valence electrons. The summed E-state index contributed by atoms with van der Waals surface area (Å²) in [6.45, 7) is 10.1. The second-order valence-electron chi connectivity index (χ2n) is 10.9. The maximum atomic E-state index is 10.1. The number of allylic oxidation sites excluding steroid dienone is 5. The van der Waals surface area contributed by atoms with Crippen LogP contribution in [0.3, 0.4) is 0 Å². The quantitative estimate of drug-likeness (QED) is 0.444. The molecular weight excluding hydrogens is 368 g/mol. The van der Waals surface area contributed by atoms with Gasteiger partial charge in [0.15, 0.2) is 0 Å². The number of aliphatic hydroxyl groups excluding tert-OH is 1. The average molecular weight is 407 g/mol. The predicted octanol–water partition coefficient (Wildman–Crippen LogP) is 6.02. The largest absolute Gasteiger partial charge is 0.388 e. The summed E-state index contributed by atoms with van der Waals surface area (Å²) in [4.78, 5) is 0. The molecular formula is C28H38O2. The Kier molecular flexibility index (Phi) is 5.67. The minimum Gasteiger partial charge on any atom is -0.388 e. The number of aliphatic hydroxyl groups is 2. The molecule has 4 aliphatic rings. The lowest BCUT2D eigenvalue weighted by Crippen LogP contribution is -2.33. The summed E-state index contributed by atoms with van der Waals surface area (Å²) in [6.07, 6.45) is 17.9. The van der Waals surface area contributed by atoms with Crippen LogP contribution in [0.15, 0.2) is 47.1 Å². The highest BCUT2D eigenvalue weighted by Gasteiger charge is 2.56. The molecule has 3 atom stereocenters. The molecule has 0 aromatic carbocycles. The molecule has 0 aromatic heterocycles. The van der Waals surface area contributed by atoms with E-state index in [4.69, 9.17) is 0 Å². The van der Waals surface area contributed by atoms with Gasteiger partial charge >= 0.3 is 0 Å². The molecule has 2 nitrogen and oxygen atoms in total. The molecule has 0 amide bonds. The minimum atomic E-state index is -0.905. The minimum absolute atomic E-state index is 0.249. The topological polar surface area (TPSA) is 40.5 Å². The Hall–Kier alpha value is -1.56. The molecule has 0 aliphatic heterocycles. The molecule has 2 N–H and O–H groups in total. The van der Waals surface area contributed by atoms with Gasteiger partial charge in [-0.15, -0.1) is 0 Å². The van der Waals surface area contributed by atoms with Crippen molar-refractivity contribution in [3.05, 3.63) is 47.1 Å². The van der Waals surface area contributed by atoms with E-state index in [9.17, 15) is 10.2 Å². The molecule has 2 heteroatoms. The van der Waals surface area contributed by atoms with Crippen molar-refractivity contribution in [2.75, 3.05) is 0 Å². The molecule has 4 aliphatic carbocycles. The number of fused-ring (bicyclic) bond motifs is 1. The van der Waals surface area contributed by atoms with Crippen molar-refractivity contribution in [2.24, 2.45) is 16.7 Å². The van der Waals surface area contributed by atoms with Gasteiger partial charge in [-0.1, -0.05) is 54.7 Å². The SMILES string of the molecule is C=C1/C(=C\C=C2/CCC[C@]3(C)C(C4(CC#CC(C)(C)O)CC4)=CC[C@@H]23)CCC[C@@H]1O. The van der Waals surface area contributed by atoms with Gasteiger partial charge in [-0.2, -0.15) is 0 Å². The molecule has 0 bridgehead atoms. The Morgan fingerprint density at radius 1 is 1.20 bits per heavy atom. The van der Waals surface area contributed by atoms with E-state index in [1.807, 2.05) is 0 Å². The monoisotopic (exact) mass is 406 g/mol. The fourth-order valence-electron chi connectivity index (χ4n) is 6.20. The van der Waals surface area contributed by atoms with Crippen LogP contribution in [0.1, 0.15) is 85.0 Å². The Morgan fingerprint density at radius 2 is 1.97 bits per heavy atom. The molecule has 0 unspecified atom stereocenters. The zero-order valence-corrected chi connectivity index (χ0v) is 19.1. The zero-order valence-electron chi connectivity index (χ0n) is 19.1. The van der Waals surface area contributed by atoms with Crippen molar-refractivity contribution >= 4 is 0 Å². The van der Waals surface area contributed by atoms with Crippen LogP contribution in [0.4, 0.5) is 0 Å². The summed E-state index contributed by atoms with van der Waals surface area (Å²) in [5, 5.41) is 20.1. The molecule has 3 saturated carbocycles. The Labute approximate surface area is 182 Å². The normalized spacial score (nSPS) is 35.6. The first-order chi connectivity index (χ1) is 14.1. The van der Waals surface area contributed by atoms with Gasteiger partial charge in [0, 0.05) is 11.8 Å². The fraction of sp³-hybridized carbons (Fsp3) is 0.643. The van der Waals surface area contributed by atoms with Crippen LogP contribution in [-0.2, 0) is 0 Å². The second-order valence-corrected chi connectivity index (χ2v) is 10.9. The lowest BCUT2D eigenvalue weighted by Gasteiger charge is -2.43. The van der Waals surface area contributed by atoms with E-state index in [-0.39, 0.29) is 16.9 Å². The van der Waals surface area contributed by atoms with Crippen molar-refractivity contribution < 1.29 is 10.2 Å². The maximum absolute atomic E-state index is 10.1. The third-order valence-corrected chi connectivity index (χ3v) is 8.03. The third kappa shape index (κ3) is 4.12. The van der Waals surface area contributed by atoms with Crippen molar-refractivity contribution in [3.8, 4) is 11.8 Å². The van der Waals surface area contributed by atoms with E-state index in [1.54, 1.807) is 25.0 Å². The van der Waals surface area contributed by atoms with Crippen molar-refractivity contribution in [1.82, 2.24) is 0 Å². The third-order valence-electron chi connectivity index (χ3n) is 8.03. The van der Waals surface area contributed by atoms with Crippen LogP contribution in [0.2, 0.25) is 0 Å². The lowest BCUT2D eigenvalue weighted by molar-refractivity contribution is 0.143. The highest BCUT2D eigenvalue weighted by molar-refractivity contribution is 5.42. The first kappa shape index (κ1) is 21.7. The number of rotatable bonds is 3. The summed E-state index contributed by atoms with van der Waals surface area (Å²) >= 11 is 0. The van der Waals surface area contributed by atoms with Gasteiger partial charge in [0.2, 0.25) is 0 Å². The van der Waals surface area contributed by atoms with Gasteiger partial charge in [0.1, 0.15) is 5.60 Å². The highest BCUT2D eigenvalue weighted by Crippen LogP contribution is 2.67. The summed E-state index contributed by atoms with van der Waals surface area (Å²) in [5.74, 6) is 6.93. The van der Waals surface area contributed by atoms with Crippen LogP contribution in [-0.4, -0.2) is 21.9 Å². The lowest BCUT2D eigenvalue weighted by atomic mass is 9.61. The summed E-state index contributed by atoms with van der Waals surface area (Å²) in [6, 6.07) is 0. The van der Waals surface area contributed by atoms with E-state index >= 15 is 0 Å². The maximum Gasteiger partial charge on any atom is 0.119 e. The van der Waals surface area contributed by atoms with E-state index in [0.717, 1.165) is 37.7 Å². The summed E-state index contributed by atoms with van der Waals surface area (Å²) in [5.41, 5.74) is 4.99. The standard InChI is InChI=1S/C28H38O2/c1-20-21(8-5-10-24(20)29)11-12-22-9-6-16-27(4)23(22)13-14-25(27)28(18-19-28)17-7-15-26(2,3)30/h11-12,14,23-24,29-30H,1,5-6,8-10,13,16-19H2,2-4H3/b21-11-,22-12+/t23-,24-,27-/m0/s1. The van der Waals surface area contributed by atoms with Crippen LogP contribution >= 0.6 is 0 Å². The van der Waals surface area contributed by atoms with Crippen LogP contribution in [0.25, 0.3) is 0 Å². The van der Waals surface area contributed by atoms with Crippen LogP contribution < -0.4 is 0 Å². The van der Waals surface area contributed by atoms with Crippen LogP contribution in [0, 0.1) is 28.6 Å². The highest BCUT2D eigenvalue weighted by atomic mass is 16.3. The second kappa shape index (κ2) is 7.85. The van der Waals surface area contributed by atoms with Crippen molar-refractivity contribution in [1.29, 1.82) is 0 Å². The van der Waals surface area contributed by atoms with E-state index < -0.39 is 5.60 Å². The smallest absolute Gasteiger partial charge is 0.119 e. The molecule has 0 spiro atoms. The molecule has 0 saturated heterocycles. The first-order valence-electron chi connectivity index (χ1n) is 11.9. The van der Waals surface area contributed by atoms with Crippen molar-refractivity contribution in [2.45, 2.75) is 96.7 Å². The average Bonchev–Trinajstić information content (AvgIpc) is 3.35. The van der Waals surface area contributed by atoms with Gasteiger partial charge in [-0.3, -0.25) is 0 Å². The molecule has 4 rings (SSSR count). The van der Waals surface area contributed by atoms with Gasteiger partial charge in [-0.05, 0) is 94.1 Å². The first-order valence-corrected chi connectivity index (χ1v) is 11.9. The van der Waals surface area contributed by atoms with Gasteiger partial charge in [-0.25, -0.2) is 0 Å². The molecule has 3 fully saturated rings. The van der Waals surface area contributed by atoms with E-state index in [0.29, 0.717) is 5.92 Å². The molecule has 0 heterocycles. The summed E-state index contributed by atoms with van der Waals surface area (Å²) in [7, 11) is 0. The number of hydrogen-bond donors (Lipinski definition) is 2. The van der Waals surface area contributed by atoms with Gasteiger partial charge in [0.25, 0.3) is 0 Å².